The zero-order valence-electron chi connectivity index (χ0n) is 17.1. The van der Waals surface area contributed by atoms with Crippen molar-refractivity contribution in [2.45, 2.75) is 0 Å². The SMILES string of the molecule is O=C1Nc2cc(Cl)c(-c3ccc(N4CCOCC4)cc3)cc2C1=C(O)c1cccc(O)c1. The highest BCUT2D eigenvalue weighted by Crippen LogP contribution is 2.42. The molecule has 0 aromatic heterocycles. The predicted molar refractivity (Wildman–Crippen MR) is 126 cm³/mol. The molecule has 0 unspecified atom stereocenters. The van der Waals surface area contributed by atoms with E-state index in [4.69, 9.17) is 16.3 Å². The fourth-order valence-electron chi connectivity index (χ4n) is 4.12. The number of halogens is 1. The van der Waals surface area contributed by atoms with E-state index < -0.39 is 5.91 Å². The number of aliphatic hydroxyl groups is 1. The summed E-state index contributed by atoms with van der Waals surface area (Å²) in [5.41, 5.74) is 4.39. The van der Waals surface area contributed by atoms with Gasteiger partial charge in [0.1, 0.15) is 11.5 Å². The molecular weight excluding hydrogens is 428 g/mol. The number of benzene rings is 3. The molecular formula is C25H21ClN2O4. The van der Waals surface area contributed by atoms with Gasteiger partial charge in [0.15, 0.2) is 0 Å². The number of amides is 1. The van der Waals surface area contributed by atoms with Crippen LogP contribution >= 0.6 is 11.6 Å². The fourth-order valence-corrected chi connectivity index (χ4v) is 4.39. The second-order valence-electron chi connectivity index (χ2n) is 7.75. The molecule has 1 amide bonds. The van der Waals surface area contributed by atoms with Gasteiger partial charge in [-0.2, -0.15) is 0 Å². The Bertz CT molecular complexity index is 1230. The fraction of sp³-hybridized carbons (Fsp3) is 0.160. The molecule has 0 saturated carbocycles. The van der Waals surface area contributed by atoms with Crippen LogP contribution in [-0.4, -0.2) is 42.4 Å². The lowest BCUT2D eigenvalue weighted by Gasteiger charge is -2.29. The van der Waals surface area contributed by atoms with Crippen molar-refractivity contribution in [2.24, 2.45) is 0 Å². The van der Waals surface area contributed by atoms with Crippen LogP contribution in [-0.2, 0) is 9.53 Å². The summed E-state index contributed by atoms with van der Waals surface area (Å²) in [5, 5.41) is 23.8. The lowest BCUT2D eigenvalue weighted by atomic mass is 9.97. The first-order valence-corrected chi connectivity index (χ1v) is 10.7. The van der Waals surface area contributed by atoms with Crippen LogP contribution in [0.2, 0.25) is 5.02 Å². The lowest BCUT2D eigenvalue weighted by Crippen LogP contribution is -2.36. The van der Waals surface area contributed by atoms with E-state index in [2.05, 4.69) is 22.3 Å². The first kappa shape index (κ1) is 20.4. The van der Waals surface area contributed by atoms with E-state index in [1.54, 1.807) is 18.2 Å². The standard InChI is InChI=1S/C25H21ClN2O4/c26-21-14-22-20(23(25(31)27-22)24(30)16-2-1-3-18(29)12-16)13-19(21)15-4-6-17(7-5-15)28-8-10-32-11-9-28/h1-7,12-14,29-30H,8-11H2,(H,27,31). The summed E-state index contributed by atoms with van der Waals surface area (Å²) in [4.78, 5) is 14.9. The summed E-state index contributed by atoms with van der Waals surface area (Å²) in [5.74, 6) is -0.616. The van der Waals surface area contributed by atoms with Crippen LogP contribution in [0.1, 0.15) is 11.1 Å². The highest BCUT2D eigenvalue weighted by Gasteiger charge is 2.30. The second kappa shape index (κ2) is 8.22. The minimum Gasteiger partial charge on any atom is -0.508 e. The predicted octanol–water partition coefficient (Wildman–Crippen LogP) is 4.93. The van der Waals surface area contributed by atoms with Gasteiger partial charge in [-0.3, -0.25) is 4.79 Å². The molecule has 7 heteroatoms. The summed E-state index contributed by atoms with van der Waals surface area (Å²) in [6.45, 7) is 3.15. The molecule has 2 aliphatic rings. The zero-order chi connectivity index (χ0) is 22.2. The van der Waals surface area contributed by atoms with Gasteiger partial charge in [-0.25, -0.2) is 0 Å². The molecule has 32 heavy (non-hydrogen) atoms. The maximum absolute atomic E-state index is 12.7. The zero-order valence-corrected chi connectivity index (χ0v) is 17.9. The Morgan fingerprint density at radius 3 is 2.47 bits per heavy atom. The minimum absolute atomic E-state index is 0.00503. The molecule has 0 atom stereocenters. The van der Waals surface area contributed by atoms with Crippen LogP contribution in [0.15, 0.2) is 60.7 Å². The van der Waals surface area contributed by atoms with Crippen LogP contribution in [0.5, 0.6) is 5.75 Å². The topological polar surface area (TPSA) is 82.0 Å². The van der Waals surface area contributed by atoms with Crippen LogP contribution in [0.25, 0.3) is 22.5 Å². The van der Waals surface area contributed by atoms with E-state index in [-0.39, 0.29) is 17.1 Å². The quantitative estimate of drug-likeness (QED) is 0.391. The number of nitrogens with one attached hydrogen (secondary N) is 1. The Labute approximate surface area is 190 Å². The molecule has 2 heterocycles. The number of carbonyl (C=O) groups excluding carboxylic acids is 1. The Balaban J connectivity index is 1.54. The largest absolute Gasteiger partial charge is 0.508 e. The third-order valence-corrected chi connectivity index (χ3v) is 6.08. The number of ether oxygens (including phenoxy) is 1. The van der Waals surface area contributed by atoms with E-state index in [1.165, 1.54) is 12.1 Å². The molecule has 0 spiro atoms. The van der Waals surface area contributed by atoms with Crippen molar-refractivity contribution in [1.82, 2.24) is 0 Å². The molecule has 5 rings (SSSR count). The Kier molecular flexibility index (Phi) is 5.25. The molecule has 6 nitrogen and oxygen atoms in total. The van der Waals surface area contributed by atoms with E-state index >= 15 is 0 Å². The first-order chi connectivity index (χ1) is 15.5. The van der Waals surface area contributed by atoms with E-state index in [1.807, 2.05) is 18.2 Å². The van der Waals surface area contributed by atoms with Crippen molar-refractivity contribution in [2.75, 3.05) is 36.5 Å². The van der Waals surface area contributed by atoms with Gasteiger partial charge >= 0.3 is 0 Å². The Morgan fingerprint density at radius 2 is 1.75 bits per heavy atom. The number of hydrogen-bond donors (Lipinski definition) is 3. The highest BCUT2D eigenvalue weighted by atomic mass is 35.5. The number of hydrogen-bond acceptors (Lipinski definition) is 5. The van der Waals surface area contributed by atoms with Gasteiger partial charge in [0.25, 0.3) is 5.91 Å². The van der Waals surface area contributed by atoms with Gasteiger partial charge in [-0.15, -0.1) is 0 Å². The average Bonchev–Trinajstić information content (AvgIpc) is 3.13. The summed E-state index contributed by atoms with van der Waals surface area (Å²) >= 11 is 6.55. The van der Waals surface area contributed by atoms with Gasteiger partial charge < -0.3 is 25.2 Å². The summed E-state index contributed by atoms with van der Waals surface area (Å²) in [6.07, 6.45) is 0. The molecule has 3 aromatic carbocycles. The number of anilines is 2. The molecule has 0 bridgehead atoms. The Hall–Kier alpha value is -3.48. The third-order valence-electron chi connectivity index (χ3n) is 5.76. The summed E-state index contributed by atoms with van der Waals surface area (Å²) in [7, 11) is 0. The number of morpholine rings is 1. The number of rotatable bonds is 3. The molecule has 162 valence electrons. The van der Waals surface area contributed by atoms with Gasteiger partial charge in [0.2, 0.25) is 0 Å². The van der Waals surface area contributed by atoms with E-state index in [9.17, 15) is 15.0 Å². The van der Waals surface area contributed by atoms with Crippen molar-refractivity contribution in [1.29, 1.82) is 0 Å². The minimum atomic E-state index is -0.420. The van der Waals surface area contributed by atoms with Crippen LogP contribution < -0.4 is 10.2 Å². The number of aliphatic hydroxyl groups excluding tert-OH is 1. The number of nitrogens with zero attached hydrogens (tertiary/aromatic N) is 1. The Morgan fingerprint density at radius 1 is 1.00 bits per heavy atom. The molecule has 3 aromatic rings. The van der Waals surface area contributed by atoms with Crippen molar-refractivity contribution in [3.05, 3.63) is 76.8 Å². The van der Waals surface area contributed by atoms with E-state index in [0.29, 0.717) is 21.8 Å². The van der Waals surface area contributed by atoms with Crippen LogP contribution in [0.4, 0.5) is 11.4 Å². The number of phenols is 1. The van der Waals surface area contributed by atoms with Crippen molar-refractivity contribution < 1.29 is 19.7 Å². The van der Waals surface area contributed by atoms with Crippen molar-refractivity contribution in [3.63, 3.8) is 0 Å². The highest BCUT2D eigenvalue weighted by molar-refractivity contribution is 6.38. The lowest BCUT2D eigenvalue weighted by molar-refractivity contribution is -0.110. The van der Waals surface area contributed by atoms with Gasteiger partial charge in [-0.1, -0.05) is 35.9 Å². The molecule has 2 aliphatic heterocycles. The molecule has 1 saturated heterocycles. The summed E-state index contributed by atoms with van der Waals surface area (Å²) in [6, 6.07) is 17.8. The first-order valence-electron chi connectivity index (χ1n) is 10.3. The normalized spacial score (nSPS) is 17.2. The van der Waals surface area contributed by atoms with Gasteiger partial charge in [0, 0.05) is 35.5 Å². The van der Waals surface area contributed by atoms with Gasteiger partial charge in [-0.05, 0) is 42.0 Å². The third kappa shape index (κ3) is 3.68. The van der Waals surface area contributed by atoms with Gasteiger partial charge in [0.05, 0.1) is 29.5 Å². The monoisotopic (exact) mass is 448 g/mol. The van der Waals surface area contributed by atoms with Crippen LogP contribution in [0, 0.1) is 0 Å². The maximum atomic E-state index is 12.7. The van der Waals surface area contributed by atoms with Crippen molar-refractivity contribution in [3.8, 4) is 16.9 Å². The second-order valence-corrected chi connectivity index (χ2v) is 8.16. The number of fused-ring (bicyclic) bond motifs is 1. The molecule has 3 N–H and O–H groups in total. The van der Waals surface area contributed by atoms with Crippen LogP contribution in [0.3, 0.4) is 0 Å². The smallest absolute Gasteiger partial charge is 0.260 e. The average molecular weight is 449 g/mol. The van der Waals surface area contributed by atoms with Crippen molar-refractivity contribution >= 4 is 40.2 Å². The number of phenolic OH excluding ortho intramolecular Hbond substituents is 1. The molecule has 1 fully saturated rings. The van der Waals surface area contributed by atoms with E-state index in [0.717, 1.165) is 43.1 Å². The molecule has 0 aliphatic carbocycles. The summed E-state index contributed by atoms with van der Waals surface area (Å²) < 4.78 is 5.42. The number of aromatic hydroxyl groups is 1. The number of carbonyl (C=O) groups is 1. The maximum Gasteiger partial charge on any atom is 0.260 e. The molecule has 0 radical (unpaired) electrons.